The van der Waals surface area contributed by atoms with Crippen molar-refractivity contribution in [2.45, 2.75) is 37.8 Å². The molecule has 1 aromatic carbocycles. The summed E-state index contributed by atoms with van der Waals surface area (Å²) in [5, 5.41) is 6.54. The van der Waals surface area contributed by atoms with Crippen molar-refractivity contribution in [2.75, 3.05) is 19.6 Å². The van der Waals surface area contributed by atoms with Gasteiger partial charge >= 0.3 is 5.97 Å². The summed E-state index contributed by atoms with van der Waals surface area (Å²) in [5.74, 6) is -0.316. The molecular formula is C22H29FN2O2. The lowest BCUT2D eigenvalue weighted by Crippen LogP contribution is -2.41. The van der Waals surface area contributed by atoms with Crippen LogP contribution in [0.5, 0.6) is 0 Å². The number of esters is 1. The van der Waals surface area contributed by atoms with Gasteiger partial charge in [0.2, 0.25) is 0 Å². The predicted octanol–water partition coefficient (Wildman–Crippen LogP) is 3.53. The van der Waals surface area contributed by atoms with E-state index in [1.807, 2.05) is 12.2 Å². The Bertz CT molecular complexity index is 652. The number of hydrogen-bond donors (Lipinski definition) is 2. The highest BCUT2D eigenvalue weighted by Crippen LogP contribution is 2.21. The van der Waals surface area contributed by atoms with Crippen LogP contribution in [0, 0.1) is 5.82 Å². The van der Waals surface area contributed by atoms with E-state index < -0.39 is 0 Å². The van der Waals surface area contributed by atoms with E-state index in [1.54, 1.807) is 18.2 Å². The fourth-order valence-electron chi connectivity index (χ4n) is 3.15. The van der Waals surface area contributed by atoms with Crippen LogP contribution < -0.4 is 10.6 Å². The lowest BCUT2D eigenvalue weighted by molar-refractivity contribution is -0.152. The minimum Gasteiger partial charge on any atom is -0.461 e. The third kappa shape index (κ3) is 7.12. The first-order valence-corrected chi connectivity index (χ1v) is 9.46. The second-order valence-corrected chi connectivity index (χ2v) is 6.60. The molecule has 146 valence electrons. The third-order valence-corrected chi connectivity index (χ3v) is 4.70. The Morgan fingerprint density at radius 2 is 1.74 bits per heavy atom. The van der Waals surface area contributed by atoms with Gasteiger partial charge in [-0.2, -0.15) is 0 Å². The first-order valence-electron chi connectivity index (χ1n) is 9.46. The second-order valence-electron chi connectivity index (χ2n) is 6.60. The van der Waals surface area contributed by atoms with Crippen LogP contribution in [-0.2, 0) is 9.53 Å². The van der Waals surface area contributed by atoms with E-state index in [9.17, 15) is 9.18 Å². The summed E-state index contributed by atoms with van der Waals surface area (Å²) in [6.45, 7) is 10.3. The number of rotatable bonds is 4. The van der Waals surface area contributed by atoms with Crippen molar-refractivity contribution >= 4 is 5.97 Å². The average Bonchev–Trinajstić information content (AvgIpc) is 2.92. The van der Waals surface area contributed by atoms with Crippen LogP contribution in [0.1, 0.15) is 25.7 Å². The number of carbonyl (C=O) groups excluding carboxylic acids is 1. The van der Waals surface area contributed by atoms with Gasteiger partial charge in [-0.05, 0) is 68.6 Å². The van der Waals surface area contributed by atoms with Crippen molar-refractivity contribution < 1.29 is 13.9 Å². The van der Waals surface area contributed by atoms with E-state index in [2.05, 4.69) is 23.8 Å². The Kier molecular flexibility index (Phi) is 8.95. The molecule has 2 heterocycles. The standard InChI is InChI=1S/C16H24N2O2.C6H5F/c1-3-12-5-10-18-15(11-13(12)4-2)16(19)20-14-6-8-17-9-7-14;7-6-4-2-1-3-5-6/h3-4,14-15,17-18H,1-2,5-11H2;1-5H/t15-;/m0./s1. The highest BCUT2D eigenvalue weighted by atomic mass is 19.1. The van der Waals surface area contributed by atoms with E-state index in [0.717, 1.165) is 44.5 Å². The lowest BCUT2D eigenvalue weighted by atomic mass is 10.0. The monoisotopic (exact) mass is 372 g/mol. The maximum absolute atomic E-state index is 12.3. The minimum atomic E-state index is -0.268. The highest BCUT2D eigenvalue weighted by molar-refractivity contribution is 5.76. The van der Waals surface area contributed by atoms with Crippen molar-refractivity contribution in [1.82, 2.24) is 10.6 Å². The summed E-state index contributed by atoms with van der Waals surface area (Å²) < 4.78 is 17.5. The lowest BCUT2D eigenvalue weighted by Gasteiger charge is -2.25. The van der Waals surface area contributed by atoms with Crippen molar-refractivity contribution in [2.24, 2.45) is 0 Å². The van der Waals surface area contributed by atoms with Gasteiger partial charge in [0.25, 0.3) is 0 Å². The zero-order valence-electron chi connectivity index (χ0n) is 15.8. The summed E-state index contributed by atoms with van der Waals surface area (Å²) in [6, 6.07) is 7.67. The topological polar surface area (TPSA) is 50.4 Å². The fourth-order valence-corrected chi connectivity index (χ4v) is 3.15. The van der Waals surface area contributed by atoms with Crippen molar-refractivity contribution in [3.8, 4) is 0 Å². The molecular weight excluding hydrogens is 343 g/mol. The Morgan fingerprint density at radius 1 is 1.07 bits per heavy atom. The Morgan fingerprint density at radius 3 is 2.30 bits per heavy atom. The molecule has 0 amide bonds. The first kappa shape index (κ1) is 21.1. The molecule has 0 aliphatic carbocycles. The van der Waals surface area contributed by atoms with Crippen LogP contribution in [0.15, 0.2) is 66.8 Å². The molecule has 1 saturated heterocycles. The number of nitrogens with one attached hydrogen (secondary N) is 2. The number of halogens is 1. The van der Waals surface area contributed by atoms with Crippen LogP contribution in [0.4, 0.5) is 4.39 Å². The molecule has 2 aliphatic heterocycles. The SMILES string of the molecule is C=CC1=C(C=C)C[C@@H](C(=O)OC2CCNCC2)NCC1.Fc1ccccc1. The Labute approximate surface area is 161 Å². The molecule has 0 saturated carbocycles. The van der Waals surface area contributed by atoms with Gasteiger partial charge in [0.05, 0.1) is 0 Å². The molecule has 27 heavy (non-hydrogen) atoms. The summed E-state index contributed by atoms with van der Waals surface area (Å²) in [7, 11) is 0. The molecule has 1 aromatic rings. The van der Waals surface area contributed by atoms with Crippen LogP contribution >= 0.6 is 0 Å². The fraction of sp³-hybridized carbons (Fsp3) is 0.409. The van der Waals surface area contributed by atoms with Gasteiger partial charge in [-0.15, -0.1) is 0 Å². The van der Waals surface area contributed by atoms with Gasteiger partial charge in [-0.1, -0.05) is 43.5 Å². The van der Waals surface area contributed by atoms with Crippen LogP contribution in [0.2, 0.25) is 0 Å². The smallest absolute Gasteiger partial charge is 0.323 e. The number of ether oxygens (including phenoxy) is 1. The van der Waals surface area contributed by atoms with Gasteiger partial charge in [0.1, 0.15) is 18.0 Å². The van der Waals surface area contributed by atoms with Crippen LogP contribution in [0.3, 0.4) is 0 Å². The van der Waals surface area contributed by atoms with Gasteiger partial charge < -0.3 is 15.4 Å². The van der Waals surface area contributed by atoms with E-state index in [1.165, 1.54) is 17.7 Å². The van der Waals surface area contributed by atoms with Gasteiger partial charge in [0, 0.05) is 0 Å². The first-order chi connectivity index (χ1) is 13.1. The summed E-state index contributed by atoms with van der Waals surface area (Å²) in [5.41, 5.74) is 2.27. The van der Waals surface area contributed by atoms with Crippen molar-refractivity contribution in [3.05, 3.63) is 72.6 Å². The summed E-state index contributed by atoms with van der Waals surface area (Å²) in [4.78, 5) is 12.3. The minimum absolute atomic E-state index is 0.0591. The summed E-state index contributed by atoms with van der Waals surface area (Å²) in [6.07, 6.45) is 7.06. The molecule has 1 atom stereocenters. The Balaban J connectivity index is 0.000000313. The maximum Gasteiger partial charge on any atom is 0.323 e. The molecule has 0 aromatic heterocycles. The van der Waals surface area contributed by atoms with E-state index in [-0.39, 0.29) is 23.9 Å². The number of carbonyl (C=O) groups is 1. The maximum atomic E-state index is 12.3. The van der Waals surface area contributed by atoms with Gasteiger partial charge in [-0.25, -0.2) is 4.39 Å². The molecule has 3 rings (SSSR count). The molecule has 0 spiro atoms. The highest BCUT2D eigenvalue weighted by Gasteiger charge is 2.26. The zero-order valence-corrected chi connectivity index (χ0v) is 15.8. The quantitative estimate of drug-likeness (QED) is 0.794. The number of piperidine rings is 1. The van der Waals surface area contributed by atoms with Crippen molar-refractivity contribution in [1.29, 1.82) is 0 Å². The number of allylic oxidation sites excluding steroid dienone is 2. The van der Waals surface area contributed by atoms with Gasteiger partial charge in [0.15, 0.2) is 0 Å². The normalized spacial score (nSPS) is 20.7. The summed E-state index contributed by atoms with van der Waals surface area (Å²) >= 11 is 0. The molecule has 0 radical (unpaired) electrons. The predicted molar refractivity (Wildman–Crippen MR) is 107 cm³/mol. The molecule has 4 nitrogen and oxygen atoms in total. The molecule has 2 aliphatic rings. The van der Waals surface area contributed by atoms with E-state index >= 15 is 0 Å². The van der Waals surface area contributed by atoms with E-state index in [0.29, 0.717) is 6.42 Å². The molecule has 5 heteroatoms. The zero-order chi connectivity index (χ0) is 19.5. The molecule has 0 unspecified atom stereocenters. The average molecular weight is 372 g/mol. The molecule has 1 fully saturated rings. The Hall–Kier alpha value is -2.24. The van der Waals surface area contributed by atoms with Crippen LogP contribution in [-0.4, -0.2) is 37.7 Å². The van der Waals surface area contributed by atoms with E-state index in [4.69, 9.17) is 4.74 Å². The number of benzene rings is 1. The van der Waals surface area contributed by atoms with Crippen molar-refractivity contribution in [3.63, 3.8) is 0 Å². The molecule has 2 N–H and O–H groups in total. The molecule has 0 bridgehead atoms. The van der Waals surface area contributed by atoms with Gasteiger partial charge in [-0.3, -0.25) is 4.79 Å². The largest absolute Gasteiger partial charge is 0.461 e. The second kappa shape index (κ2) is 11.5. The third-order valence-electron chi connectivity index (χ3n) is 4.70. The van der Waals surface area contributed by atoms with Crippen LogP contribution in [0.25, 0.3) is 0 Å². The number of hydrogen-bond acceptors (Lipinski definition) is 4.